The Hall–Kier alpha value is -2.20. The molecule has 0 saturated heterocycles. The molecule has 0 atom stereocenters. The maximum atomic E-state index is 11.9. The summed E-state index contributed by atoms with van der Waals surface area (Å²) in [4.78, 5) is 11.9. The third-order valence-corrected chi connectivity index (χ3v) is 3.28. The normalized spacial score (nSPS) is 10.2. The topological polar surface area (TPSA) is 64.3 Å². The van der Waals surface area contributed by atoms with Gasteiger partial charge >= 0.3 is 0 Å². The van der Waals surface area contributed by atoms with Gasteiger partial charge in [0.15, 0.2) is 6.61 Å². The van der Waals surface area contributed by atoms with Crippen LogP contribution in [0.4, 0.5) is 11.4 Å². The summed E-state index contributed by atoms with van der Waals surface area (Å²) < 4.78 is 5.49. The number of nitrogens with one attached hydrogen (secondary N) is 1. The Kier molecular flexibility index (Phi) is 4.70. The molecule has 0 fully saturated rings. The second-order valence-corrected chi connectivity index (χ2v) is 5.26. The number of halogens is 1. The lowest BCUT2D eigenvalue weighted by atomic mass is 10.2. The number of rotatable bonds is 4. The number of anilines is 2. The van der Waals surface area contributed by atoms with E-state index in [1.54, 1.807) is 24.3 Å². The van der Waals surface area contributed by atoms with Gasteiger partial charge in [-0.15, -0.1) is 0 Å². The number of ether oxygens (including phenoxy) is 1. The number of nitrogens with two attached hydrogens (primary N) is 1. The molecule has 0 heterocycles. The lowest BCUT2D eigenvalue weighted by molar-refractivity contribution is -0.118. The standard InChI is InChI=1S/C16H17ClN2O2/c1-10-4-6-13(18)8-14(10)19-16(20)9-21-15-7-12(17)5-3-11(15)2/h3-8H,9,18H2,1-2H3,(H,19,20). The molecule has 0 radical (unpaired) electrons. The fraction of sp³-hybridized carbons (Fsp3) is 0.188. The van der Waals surface area contributed by atoms with E-state index in [1.165, 1.54) is 0 Å². The van der Waals surface area contributed by atoms with E-state index in [4.69, 9.17) is 22.1 Å². The van der Waals surface area contributed by atoms with Gasteiger partial charge in [0.25, 0.3) is 5.91 Å². The van der Waals surface area contributed by atoms with Gasteiger partial charge in [-0.1, -0.05) is 23.7 Å². The van der Waals surface area contributed by atoms with Crippen molar-refractivity contribution < 1.29 is 9.53 Å². The minimum atomic E-state index is -0.247. The van der Waals surface area contributed by atoms with Crippen LogP contribution in [0.2, 0.25) is 5.02 Å². The first kappa shape index (κ1) is 15.2. The smallest absolute Gasteiger partial charge is 0.262 e. The van der Waals surface area contributed by atoms with Crippen LogP contribution in [-0.2, 0) is 4.79 Å². The number of carbonyl (C=O) groups excluding carboxylic acids is 1. The molecule has 0 unspecified atom stereocenters. The highest BCUT2D eigenvalue weighted by atomic mass is 35.5. The predicted octanol–water partition coefficient (Wildman–Crippen LogP) is 3.56. The molecular weight excluding hydrogens is 288 g/mol. The first-order valence-corrected chi connectivity index (χ1v) is 6.88. The van der Waals surface area contributed by atoms with Crippen molar-refractivity contribution in [1.82, 2.24) is 0 Å². The summed E-state index contributed by atoms with van der Waals surface area (Å²) in [6.07, 6.45) is 0. The van der Waals surface area contributed by atoms with E-state index in [0.29, 0.717) is 22.1 Å². The molecule has 0 aliphatic rings. The average molecular weight is 305 g/mol. The zero-order valence-electron chi connectivity index (χ0n) is 11.9. The van der Waals surface area contributed by atoms with E-state index in [-0.39, 0.29) is 12.5 Å². The van der Waals surface area contributed by atoms with Crippen molar-refractivity contribution in [3.63, 3.8) is 0 Å². The number of hydrogen-bond acceptors (Lipinski definition) is 3. The predicted molar refractivity (Wildman–Crippen MR) is 85.9 cm³/mol. The second-order valence-electron chi connectivity index (χ2n) is 4.82. The largest absolute Gasteiger partial charge is 0.483 e. The highest BCUT2D eigenvalue weighted by Gasteiger charge is 2.08. The maximum absolute atomic E-state index is 11.9. The van der Waals surface area contributed by atoms with E-state index in [1.807, 2.05) is 26.0 Å². The lowest BCUT2D eigenvalue weighted by Crippen LogP contribution is -2.21. The summed E-state index contributed by atoms with van der Waals surface area (Å²) in [5.41, 5.74) is 8.86. The summed E-state index contributed by atoms with van der Waals surface area (Å²) in [5, 5.41) is 3.35. The molecule has 2 aromatic carbocycles. The van der Waals surface area contributed by atoms with Crippen LogP contribution in [0.1, 0.15) is 11.1 Å². The molecule has 110 valence electrons. The quantitative estimate of drug-likeness (QED) is 0.849. The third-order valence-electron chi connectivity index (χ3n) is 3.04. The summed E-state index contributed by atoms with van der Waals surface area (Å²) in [6.45, 7) is 3.71. The van der Waals surface area contributed by atoms with Crippen molar-refractivity contribution in [2.24, 2.45) is 0 Å². The first-order chi connectivity index (χ1) is 9.95. The van der Waals surface area contributed by atoms with E-state index >= 15 is 0 Å². The van der Waals surface area contributed by atoms with Crippen LogP contribution in [-0.4, -0.2) is 12.5 Å². The Balaban J connectivity index is 1.99. The van der Waals surface area contributed by atoms with Crippen molar-refractivity contribution in [2.75, 3.05) is 17.7 Å². The van der Waals surface area contributed by atoms with Gasteiger partial charge in [-0.25, -0.2) is 0 Å². The van der Waals surface area contributed by atoms with Gasteiger partial charge in [-0.3, -0.25) is 4.79 Å². The first-order valence-electron chi connectivity index (χ1n) is 6.50. The Labute approximate surface area is 128 Å². The summed E-state index contributed by atoms with van der Waals surface area (Å²) in [7, 11) is 0. The Morgan fingerprint density at radius 3 is 2.67 bits per heavy atom. The fourth-order valence-corrected chi connectivity index (χ4v) is 2.00. The third kappa shape index (κ3) is 4.13. The Morgan fingerprint density at radius 2 is 1.90 bits per heavy atom. The molecule has 21 heavy (non-hydrogen) atoms. The van der Waals surface area contributed by atoms with Crippen LogP contribution in [0, 0.1) is 13.8 Å². The number of benzene rings is 2. The van der Waals surface area contributed by atoms with E-state index < -0.39 is 0 Å². The summed E-state index contributed by atoms with van der Waals surface area (Å²) >= 11 is 5.91. The zero-order chi connectivity index (χ0) is 15.4. The van der Waals surface area contributed by atoms with Crippen LogP contribution in [0.5, 0.6) is 5.75 Å². The average Bonchev–Trinajstić information content (AvgIpc) is 2.44. The second kappa shape index (κ2) is 6.50. The molecule has 0 bridgehead atoms. The number of nitrogen functional groups attached to an aromatic ring is 1. The van der Waals surface area contributed by atoms with Crippen LogP contribution >= 0.6 is 11.6 Å². The molecule has 0 spiro atoms. The maximum Gasteiger partial charge on any atom is 0.262 e. The molecule has 3 N–H and O–H groups in total. The Bertz CT molecular complexity index is 671. The van der Waals surface area contributed by atoms with Gasteiger partial charge in [0.05, 0.1) is 0 Å². The summed E-state index contributed by atoms with van der Waals surface area (Å²) in [6, 6.07) is 10.7. The van der Waals surface area contributed by atoms with Gasteiger partial charge in [0.1, 0.15) is 5.75 Å². The van der Waals surface area contributed by atoms with Crippen LogP contribution in [0.3, 0.4) is 0 Å². The van der Waals surface area contributed by atoms with Crippen LogP contribution < -0.4 is 15.8 Å². The van der Waals surface area contributed by atoms with Crippen molar-refractivity contribution in [1.29, 1.82) is 0 Å². The van der Waals surface area contributed by atoms with Gasteiger partial charge in [-0.2, -0.15) is 0 Å². The van der Waals surface area contributed by atoms with Gasteiger partial charge in [0.2, 0.25) is 0 Å². The van der Waals surface area contributed by atoms with Crippen molar-refractivity contribution in [3.05, 3.63) is 52.5 Å². The van der Waals surface area contributed by atoms with Gasteiger partial charge < -0.3 is 15.8 Å². The monoisotopic (exact) mass is 304 g/mol. The highest BCUT2D eigenvalue weighted by Crippen LogP contribution is 2.23. The van der Waals surface area contributed by atoms with Crippen molar-refractivity contribution >= 4 is 28.9 Å². The van der Waals surface area contributed by atoms with Gasteiger partial charge in [-0.05, 0) is 49.2 Å². The van der Waals surface area contributed by atoms with E-state index in [9.17, 15) is 4.79 Å². The number of carbonyl (C=O) groups is 1. The highest BCUT2D eigenvalue weighted by molar-refractivity contribution is 6.30. The molecule has 0 aliphatic heterocycles. The SMILES string of the molecule is Cc1ccc(N)cc1NC(=O)COc1cc(Cl)ccc1C. The minimum Gasteiger partial charge on any atom is -0.483 e. The molecule has 4 nitrogen and oxygen atoms in total. The molecule has 1 amide bonds. The molecule has 2 rings (SSSR count). The van der Waals surface area contributed by atoms with E-state index in [0.717, 1.165) is 11.1 Å². The molecular formula is C16H17ClN2O2. The molecule has 0 aliphatic carbocycles. The van der Waals surface area contributed by atoms with Crippen LogP contribution in [0.15, 0.2) is 36.4 Å². The number of hydrogen-bond donors (Lipinski definition) is 2. The fourth-order valence-electron chi connectivity index (χ4n) is 1.83. The Morgan fingerprint density at radius 1 is 1.19 bits per heavy atom. The molecule has 2 aromatic rings. The zero-order valence-corrected chi connectivity index (χ0v) is 12.7. The molecule has 0 aromatic heterocycles. The molecule has 5 heteroatoms. The summed E-state index contributed by atoms with van der Waals surface area (Å²) in [5.74, 6) is 0.352. The van der Waals surface area contributed by atoms with Crippen LogP contribution in [0.25, 0.3) is 0 Å². The van der Waals surface area contributed by atoms with E-state index in [2.05, 4.69) is 5.32 Å². The number of aryl methyl sites for hydroxylation is 2. The van der Waals surface area contributed by atoms with Crippen molar-refractivity contribution in [3.8, 4) is 5.75 Å². The molecule has 0 saturated carbocycles. The minimum absolute atomic E-state index is 0.0879. The van der Waals surface area contributed by atoms with Crippen molar-refractivity contribution in [2.45, 2.75) is 13.8 Å². The number of amides is 1. The lowest BCUT2D eigenvalue weighted by Gasteiger charge is -2.11. The van der Waals surface area contributed by atoms with Gasteiger partial charge in [0, 0.05) is 16.4 Å².